The van der Waals surface area contributed by atoms with Crippen LogP contribution in [-0.2, 0) is 17.3 Å². The molecular formula is C22H20F3N3O6. The van der Waals surface area contributed by atoms with E-state index in [9.17, 15) is 37.5 Å². The van der Waals surface area contributed by atoms with E-state index in [4.69, 9.17) is 4.74 Å². The van der Waals surface area contributed by atoms with Crippen molar-refractivity contribution >= 4 is 12.1 Å². The minimum Gasteiger partial charge on any atom is -0.477 e. The summed E-state index contributed by atoms with van der Waals surface area (Å²) < 4.78 is 47.3. The molecule has 3 aliphatic rings. The highest BCUT2D eigenvalue weighted by atomic mass is 19.4. The van der Waals surface area contributed by atoms with Gasteiger partial charge in [0.25, 0.3) is 5.56 Å². The van der Waals surface area contributed by atoms with Crippen molar-refractivity contribution in [1.82, 2.24) is 14.0 Å². The van der Waals surface area contributed by atoms with Crippen LogP contribution in [0.15, 0.2) is 34.0 Å². The van der Waals surface area contributed by atoms with Gasteiger partial charge in [0, 0.05) is 18.3 Å². The van der Waals surface area contributed by atoms with Crippen LogP contribution >= 0.6 is 0 Å². The Balaban J connectivity index is 1.56. The topological polar surface area (TPSA) is 111 Å². The number of hydrogen-bond donors (Lipinski definition) is 1. The molecule has 180 valence electrons. The summed E-state index contributed by atoms with van der Waals surface area (Å²) in [5, 5.41) is 9.58. The molecule has 1 amide bonds. The first-order valence-electron chi connectivity index (χ1n) is 10.8. The van der Waals surface area contributed by atoms with E-state index in [1.807, 2.05) is 0 Å². The SMILES string of the molecule is O=C(O)c1cn(C2CC(N3CCOC3=O)C2)c(=O)n(C2CCc3c2cccc3C(F)(F)F)c1=O. The number of fused-ring (bicyclic) bond motifs is 1. The molecule has 1 aromatic heterocycles. The highest BCUT2D eigenvalue weighted by Gasteiger charge is 2.42. The van der Waals surface area contributed by atoms with Crippen LogP contribution in [0.2, 0.25) is 0 Å². The zero-order chi connectivity index (χ0) is 24.4. The summed E-state index contributed by atoms with van der Waals surface area (Å²) in [5.41, 5.74) is -3.09. The molecule has 9 nitrogen and oxygen atoms in total. The van der Waals surface area contributed by atoms with Crippen molar-refractivity contribution in [3.05, 3.63) is 67.5 Å². The van der Waals surface area contributed by atoms with Gasteiger partial charge in [0.05, 0.1) is 18.2 Å². The molecule has 2 aliphatic carbocycles. The highest BCUT2D eigenvalue weighted by molar-refractivity contribution is 5.86. The van der Waals surface area contributed by atoms with E-state index in [2.05, 4.69) is 0 Å². The number of aromatic carboxylic acids is 1. The number of alkyl halides is 3. The highest BCUT2D eigenvalue weighted by Crippen LogP contribution is 2.41. The molecule has 0 radical (unpaired) electrons. The number of carboxylic acid groups (broad SMARTS) is 1. The van der Waals surface area contributed by atoms with E-state index in [1.54, 1.807) is 4.90 Å². The number of carbonyl (C=O) groups excluding carboxylic acids is 1. The van der Waals surface area contributed by atoms with Gasteiger partial charge < -0.3 is 14.7 Å². The molecular weight excluding hydrogens is 459 g/mol. The van der Waals surface area contributed by atoms with Crippen molar-refractivity contribution in [1.29, 1.82) is 0 Å². The lowest BCUT2D eigenvalue weighted by Crippen LogP contribution is -2.51. The van der Waals surface area contributed by atoms with Crippen molar-refractivity contribution in [2.45, 2.75) is 50.0 Å². The summed E-state index contributed by atoms with van der Waals surface area (Å²) in [6.07, 6.45) is -3.25. The summed E-state index contributed by atoms with van der Waals surface area (Å²) in [6, 6.07) is 1.96. The monoisotopic (exact) mass is 479 g/mol. The van der Waals surface area contributed by atoms with Gasteiger partial charge in [-0.05, 0) is 42.9 Å². The summed E-state index contributed by atoms with van der Waals surface area (Å²) in [5.74, 6) is -1.53. The molecule has 1 aliphatic heterocycles. The standard InChI is InChI=1S/C22H20F3N3O6/c23-22(24,25)16-3-1-2-14-13(16)4-5-17(14)28-18(29)15(19(30)31)10-27(20(28)32)12-8-11(9-12)26-6-7-34-21(26)33/h1-3,10-12,17H,4-9H2,(H,30,31). The zero-order valence-corrected chi connectivity index (χ0v) is 17.7. The van der Waals surface area contributed by atoms with Gasteiger partial charge in [-0.3, -0.25) is 13.9 Å². The van der Waals surface area contributed by atoms with Gasteiger partial charge in [-0.15, -0.1) is 0 Å². The molecule has 1 atom stereocenters. The number of ether oxygens (including phenoxy) is 1. The number of hydrogen-bond acceptors (Lipinski definition) is 5. The third-order valence-corrected chi connectivity index (χ3v) is 6.95. The Morgan fingerprint density at radius 2 is 1.85 bits per heavy atom. The lowest BCUT2D eigenvalue weighted by Gasteiger charge is -2.40. The van der Waals surface area contributed by atoms with E-state index in [1.165, 1.54) is 12.1 Å². The van der Waals surface area contributed by atoms with Crippen LogP contribution in [0.4, 0.5) is 18.0 Å². The molecule has 2 fully saturated rings. The van der Waals surface area contributed by atoms with Crippen molar-refractivity contribution in [3.8, 4) is 0 Å². The first-order valence-corrected chi connectivity index (χ1v) is 10.8. The van der Waals surface area contributed by atoms with Crippen LogP contribution in [0.3, 0.4) is 0 Å². The maximum atomic E-state index is 13.5. The maximum Gasteiger partial charge on any atom is 0.416 e. The van der Waals surface area contributed by atoms with Gasteiger partial charge in [-0.25, -0.2) is 14.4 Å². The quantitative estimate of drug-likeness (QED) is 0.721. The largest absolute Gasteiger partial charge is 0.477 e. The minimum absolute atomic E-state index is 0.00143. The number of carboxylic acids is 1. The fourth-order valence-corrected chi connectivity index (χ4v) is 5.22. The Kier molecular flexibility index (Phi) is 5.06. The van der Waals surface area contributed by atoms with Crippen LogP contribution in [0.5, 0.6) is 0 Å². The second kappa shape index (κ2) is 7.74. The van der Waals surface area contributed by atoms with Crippen LogP contribution in [-0.4, -0.2) is 50.4 Å². The Bertz CT molecular complexity index is 1310. The number of benzene rings is 1. The Labute approximate surface area is 190 Å². The number of aromatic nitrogens is 2. The number of nitrogens with zero attached hydrogens (tertiary/aromatic N) is 3. The van der Waals surface area contributed by atoms with Crippen molar-refractivity contribution in [2.24, 2.45) is 0 Å². The summed E-state index contributed by atoms with van der Waals surface area (Å²) in [7, 11) is 0. The van der Waals surface area contributed by atoms with Gasteiger partial charge >= 0.3 is 23.9 Å². The van der Waals surface area contributed by atoms with Gasteiger partial charge in [0.1, 0.15) is 12.2 Å². The van der Waals surface area contributed by atoms with E-state index >= 15 is 0 Å². The molecule has 1 N–H and O–H groups in total. The van der Waals surface area contributed by atoms with E-state index in [0.29, 0.717) is 19.4 Å². The van der Waals surface area contributed by atoms with Crippen molar-refractivity contribution in [3.63, 3.8) is 0 Å². The van der Waals surface area contributed by atoms with Gasteiger partial charge in [0.15, 0.2) is 0 Å². The lowest BCUT2D eigenvalue weighted by atomic mass is 9.85. The molecule has 0 bridgehead atoms. The van der Waals surface area contributed by atoms with E-state index in [0.717, 1.165) is 21.4 Å². The van der Waals surface area contributed by atoms with E-state index < -0.39 is 52.7 Å². The average molecular weight is 479 g/mol. The molecule has 2 heterocycles. The zero-order valence-electron chi connectivity index (χ0n) is 17.7. The van der Waals surface area contributed by atoms with Gasteiger partial charge in [0.2, 0.25) is 0 Å². The van der Waals surface area contributed by atoms with Gasteiger partial charge in [-0.1, -0.05) is 12.1 Å². The third-order valence-electron chi connectivity index (χ3n) is 6.95. The number of amides is 1. The molecule has 5 rings (SSSR count). The first kappa shape index (κ1) is 22.2. The maximum absolute atomic E-state index is 13.5. The summed E-state index contributed by atoms with van der Waals surface area (Å²) >= 11 is 0. The normalized spacial score (nSPS) is 24.0. The number of halogens is 3. The Morgan fingerprint density at radius 1 is 1.12 bits per heavy atom. The van der Waals surface area contributed by atoms with E-state index in [-0.39, 0.29) is 36.6 Å². The Hall–Kier alpha value is -3.57. The molecule has 1 unspecified atom stereocenters. The van der Waals surface area contributed by atoms with Crippen molar-refractivity contribution in [2.75, 3.05) is 13.2 Å². The smallest absolute Gasteiger partial charge is 0.416 e. The van der Waals surface area contributed by atoms with Crippen LogP contribution in [0.25, 0.3) is 0 Å². The van der Waals surface area contributed by atoms with Crippen molar-refractivity contribution < 1.29 is 32.6 Å². The number of carbonyl (C=O) groups is 2. The predicted octanol–water partition coefficient (Wildman–Crippen LogP) is 2.42. The minimum atomic E-state index is -4.59. The fourth-order valence-electron chi connectivity index (χ4n) is 5.22. The molecule has 12 heteroatoms. The molecule has 34 heavy (non-hydrogen) atoms. The van der Waals surface area contributed by atoms with Gasteiger partial charge in [-0.2, -0.15) is 13.2 Å². The summed E-state index contributed by atoms with van der Waals surface area (Å²) in [4.78, 5) is 51.5. The number of rotatable bonds is 4. The van der Waals surface area contributed by atoms with Crippen LogP contribution in [0.1, 0.15) is 58.4 Å². The predicted molar refractivity (Wildman–Crippen MR) is 110 cm³/mol. The third kappa shape index (κ3) is 3.39. The molecule has 1 saturated carbocycles. The Morgan fingerprint density at radius 3 is 2.47 bits per heavy atom. The fraction of sp³-hybridized carbons (Fsp3) is 0.455. The second-order valence-corrected chi connectivity index (χ2v) is 8.73. The number of cyclic esters (lactones) is 1. The summed E-state index contributed by atoms with van der Waals surface area (Å²) in [6.45, 7) is 0.695. The van der Waals surface area contributed by atoms with Crippen LogP contribution < -0.4 is 11.2 Å². The molecule has 1 saturated heterocycles. The molecule has 0 spiro atoms. The lowest BCUT2D eigenvalue weighted by molar-refractivity contribution is -0.138. The second-order valence-electron chi connectivity index (χ2n) is 8.73. The molecule has 1 aromatic carbocycles. The first-order chi connectivity index (χ1) is 16.1. The van der Waals surface area contributed by atoms with Crippen LogP contribution in [0, 0.1) is 0 Å². The average Bonchev–Trinajstić information content (AvgIpc) is 3.34. The molecule has 2 aromatic rings.